The van der Waals surface area contributed by atoms with Gasteiger partial charge in [0.1, 0.15) is 0 Å². The summed E-state index contributed by atoms with van der Waals surface area (Å²) in [4.78, 5) is 12.6. The van der Waals surface area contributed by atoms with Crippen LogP contribution in [0.1, 0.15) is 50.0 Å². The summed E-state index contributed by atoms with van der Waals surface area (Å²) in [5.41, 5.74) is 2.67. The quantitative estimate of drug-likeness (QED) is 0.572. The molecule has 4 heteroatoms. The number of aromatic nitrogens is 1. The van der Waals surface area contributed by atoms with Crippen molar-refractivity contribution < 1.29 is 0 Å². The summed E-state index contributed by atoms with van der Waals surface area (Å²) in [5.74, 6) is 0. The minimum Gasteiger partial charge on any atom is -0.308 e. The van der Waals surface area contributed by atoms with Crippen LogP contribution in [-0.4, -0.2) is 17.3 Å². The number of rotatable bonds is 7. The predicted molar refractivity (Wildman–Crippen MR) is 129 cm³/mol. The van der Waals surface area contributed by atoms with Gasteiger partial charge >= 0.3 is 0 Å². The normalized spacial score (nSPS) is 16.1. The Morgan fingerprint density at radius 2 is 1.60 bits per heavy atom. The Morgan fingerprint density at radius 3 is 2.20 bits per heavy atom. The van der Waals surface area contributed by atoms with Crippen molar-refractivity contribution in [1.82, 2.24) is 9.88 Å². The van der Waals surface area contributed by atoms with Crippen LogP contribution < -0.4 is 21.5 Å². The molecule has 4 rings (SSSR count). The first kappa shape index (κ1) is 21.0. The van der Waals surface area contributed by atoms with E-state index in [4.69, 9.17) is 0 Å². The fourth-order valence-electron chi connectivity index (χ4n) is 4.55. The summed E-state index contributed by atoms with van der Waals surface area (Å²) in [6.07, 6.45) is 4.43. The monoisotopic (exact) mass is 418 g/mol. The van der Waals surface area contributed by atoms with E-state index >= 15 is 0 Å². The molecule has 0 spiro atoms. The van der Waals surface area contributed by atoms with Crippen molar-refractivity contribution in [1.29, 1.82) is 0 Å². The molecule has 1 aliphatic carbocycles. The molecule has 3 nitrogen and oxygen atoms in total. The van der Waals surface area contributed by atoms with Gasteiger partial charge in [-0.05, 0) is 63.4 Å². The van der Waals surface area contributed by atoms with Crippen LogP contribution in [0, 0.1) is 0 Å². The maximum Gasteiger partial charge on any atom is 0.251 e. The Labute approximate surface area is 180 Å². The lowest BCUT2D eigenvalue weighted by Crippen LogP contribution is -2.36. The second kappa shape index (κ2) is 9.73. The molecule has 0 amide bonds. The summed E-state index contributed by atoms with van der Waals surface area (Å²) in [6, 6.07) is 26.0. The van der Waals surface area contributed by atoms with E-state index in [-0.39, 0.29) is 17.6 Å². The molecule has 1 aromatic heterocycles. The summed E-state index contributed by atoms with van der Waals surface area (Å²) in [6.45, 7) is 5.16. The van der Waals surface area contributed by atoms with Gasteiger partial charge in [0, 0.05) is 30.4 Å². The number of nitrogens with one attached hydrogen (secondary N) is 1. The third-order valence-electron chi connectivity index (χ3n) is 5.90. The van der Waals surface area contributed by atoms with Crippen molar-refractivity contribution >= 4 is 18.5 Å². The molecule has 0 saturated heterocycles. The molecule has 1 atom stereocenters. The van der Waals surface area contributed by atoms with Crippen molar-refractivity contribution in [2.75, 3.05) is 12.7 Å². The van der Waals surface area contributed by atoms with Crippen molar-refractivity contribution in [2.45, 2.75) is 45.2 Å². The number of benzene rings is 2. The average molecular weight is 419 g/mol. The Balaban J connectivity index is 1.54. The van der Waals surface area contributed by atoms with Gasteiger partial charge in [0.15, 0.2) is 0 Å². The third kappa shape index (κ3) is 4.58. The molecule has 1 heterocycles. The number of aryl methyl sites for hydroxylation is 1. The highest BCUT2D eigenvalue weighted by Gasteiger charge is 2.25. The molecular weight excluding hydrogens is 387 g/mol. The van der Waals surface area contributed by atoms with E-state index in [0.29, 0.717) is 0 Å². The van der Waals surface area contributed by atoms with Crippen LogP contribution in [0.25, 0.3) is 0 Å². The molecule has 2 aromatic carbocycles. The molecule has 1 N–H and O–H groups in total. The lowest BCUT2D eigenvalue weighted by Gasteiger charge is -2.31. The number of fused-ring (bicyclic) bond motifs is 1. The fourth-order valence-corrected chi connectivity index (χ4v) is 6.78. The molecular formula is C26H31N2OP. The maximum atomic E-state index is 12.6. The molecule has 3 aromatic rings. The molecule has 156 valence electrons. The highest BCUT2D eigenvalue weighted by atomic mass is 31.1. The molecule has 0 radical (unpaired) electrons. The summed E-state index contributed by atoms with van der Waals surface area (Å²) < 4.78 is 2.00. The zero-order chi connectivity index (χ0) is 20.9. The highest BCUT2D eigenvalue weighted by Crippen LogP contribution is 2.34. The number of hydrogen-bond acceptors (Lipinski definition) is 2. The third-order valence-corrected chi connectivity index (χ3v) is 8.41. The molecule has 0 saturated carbocycles. The Kier molecular flexibility index (Phi) is 6.82. The van der Waals surface area contributed by atoms with Crippen LogP contribution in [0.4, 0.5) is 0 Å². The van der Waals surface area contributed by atoms with E-state index in [2.05, 4.69) is 79.8 Å². The average Bonchev–Trinajstić information content (AvgIpc) is 2.77. The summed E-state index contributed by atoms with van der Waals surface area (Å²) >= 11 is 0. The molecule has 0 aliphatic heterocycles. The Morgan fingerprint density at radius 1 is 0.967 bits per heavy atom. The fraction of sp³-hybridized carbons (Fsp3) is 0.346. The molecule has 0 bridgehead atoms. The zero-order valence-corrected chi connectivity index (χ0v) is 18.8. The van der Waals surface area contributed by atoms with E-state index in [1.54, 1.807) is 6.07 Å². The van der Waals surface area contributed by atoms with Crippen LogP contribution in [-0.2, 0) is 6.42 Å². The van der Waals surface area contributed by atoms with E-state index < -0.39 is 7.92 Å². The van der Waals surface area contributed by atoms with Crippen LogP contribution in [0.5, 0.6) is 0 Å². The second-order valence-corrected chi connectivity index (χ2v) is 10.6. The van der Waals surface area contributed by atoms with Gasteiger partial charge in [0.2, 0.25) is 0 Å². The van der Waals surface area contributed by atoms with Gasteiger partial charge in [-0.15, -0.1) is 0 Å². The molecule has 1 unspecified atom stereocenters. The first-order valence-corrected chi connectivity index (χ1v) is 12.5. The molecule has 0 fully saturated rings. The van der Waals surface area contributed by atoms with Crippen molar-refractivity contribution in [3.8, 4) is 0 Å². The Hall–Kier alpha value is -2.22. The second-order valence-electron chi connectivity index (χ2n) is 8.27. The minimum atomic E-state index is -0.402. The lowest BCUT2D eigenvalue weighted by molar-refractivity contribution is 0.414. The van der Waals surface area contributed by atoms with Crippen molar-refractivity contribution in [3.05, 3.63) is 94.4 Å². The maximum absolute atomic E-state index is 12.6. The van der Waals surface area contributed by atoms with Gasteiger partial charge in [-0.25, -0.2) is 0 Å². The van der Waals surface area contributed by atoms with Gasteiger partial charge in [-0.1, -0.05) is 66.7 Å². The number of hydrogen-bond donors (Lipinski definition) is 1. The lowest BCUT2D eigenvalue weighted by atomic mass is 9.91. The Bertz CT molecular complexity index is 975. The van der Waals surface area contributed by atoms with Crippen molar-refractivity contribution in [2.24, 2.45) is 0 Å². The van der Waals surface area contributed by atoms with E-state index in [1.165, 1.54) is 28.3 Å². The van der Waals surface area contributed by atoms with Crippen LogP contribution >= 0.6 is 7.92 Å². The standard InChI is InChI=1S/C26H31N2OP/c1-20(2)28-25(29)17-16-21-10-9-15-24(26(21)28)27-18-19-30(22-11-5-3-6-12-22)23-13-7-4-8-14-23/h3-8,11-14,16-17,20,24,27H,9-10,15,18-19H2,1-2H3. The SMILES string of the molecule is CC(C)n1c2c(ccc1=O)CCCC2NCCP(c1ccccc1)c1ccccc1. The van der Waals surface area contributed by atoms with Crippen LogP contribution in [0.2, 0.25) is 0 Å². The predicted octanol–water partition coefficient (Wildman–Crippen LogP) is 4.53. The smallest absolute Gasteiger partial charge is 0.251 e. The van der Waals surface area contributed by atoms with Crippen LogP contribution in [0.15, 0.2) is 77.6 Å². The zero-order valence-electron chi connectivity index (χ0n) is 17.9. The number of nitrogens with zero attached hydrogens (tertiary/aromatic N) is 1. The van der Waals surface area contributed by atoms with Gasteiger partial charge in [0.25, 0.3) is 5.56 Å². The molecule has 30 heavy (non-hydrogen) atoms. The van der Waals surface area contributed by atoms with Crippen molar-refractivity contribution in [3.63, 3.8) is 0 Å². The number of pyridine rings is 1. The van der Waals surface area contributed by atoms with Gasteiger partial charge < -0.3 is 9.88 Å². The minimum absolute atomic E-state index is 0.119. The van der Waals surface area contributed by atoms with E-state index in [0.717, 1.165) is 25.5 Å². The van der Waals surface area contributed by atoms with Gasteiger partial charge in [-0.2, -0.15) is 0 Å². The van der Waals surface area contributed by atoms with E-state index in [1.807, 2.05) is 10.6 Å². The summed E-state index contributed by atoms with van der Waals surface area (Å²) in [7, 11) is -0.402. The van der Waals surface area contributed by atoms with Gasteiger partial charge in [-0.3, -0.25) is 4.79 Å². The highest BCUT2D eigenvalue weighted by molar-refractivity contribution is 7.73. The van der Waals surface area contributed by atoms with E-state index in [9.17, 15) is 4.79 Å². The first-order chi connectivity index (χ1) is 14.6. The molecule has 1 aliphatic rings. The van der Waals surface area contributed by atoms with Crippen LogP contribution in [0.3, 0.4) is 0 Å². The topological polar surface area (TPSA) is 34.0 Å². The summed E-state index contributed by atoms with van der Waals surface area (Å²) in [5, 5.41) is 6.67. The largest absolute Gasteiger partial charge is 0.308 e. The first-order valence-electron chi connectivity index (χ1n) is 11.0. The van der Waals surface area contributed by atoms with Gasteiger partial charge in [0.05, 0.1) is 0 Å².